The van der Waals surface area contributed by atoms with Crippen molar-refractivity contribution in [2.24, 2.45) is 0 Å². The number of benzene rings is 2. The number of hydrogen-bond donors (Lipinski definition) is 0. The zero-order valence-corrected chi connectivity index (χ0v) is 18.0. The van der Waals surface area contributed by atoms with Crippen LogP contribution in [0.15, 0.2) is 53.4 Å². The summed E-state index contributed by atoms with van der Waals surface area (Å²) in [6.07, 6.45) is -1.28. The van der Waals surface area contributed by atoms with Crippen LogP contribution >= 0.6 is 0 Å². The Hall–Kier alpha value is -3.47. The number of carbonyl (C=O) groups excluding carboxylic acids is 2. The van der Waals surface area contributed by atoms with Gasteiger partial charge >= 0.3 is 12.1 Å². The summed E-state index contributed by atoms with van der Waals surface area (Å²) in [5.74, 6) is -0.912. The Morgan fingerprint density at radius 1 is 1.06 bits per heavy atom. The predicted octanol–water partition coefficient (Wildman–Crippen LogP) is 3.18. The van der Waals surface area contributed by atoms with Crippen molar-refractivity contribution in [2.75, 3.05) is 6.61 Å². The van der Waals surface area contributed by atoms with Crippen molar-refractivity contribution in [2.45, 2.75) is 38.3 Å². The van der Waals surface area contributed by atoms with Crippen molar-refractivity contribution in [3.63, 3.8) is 0 Å². The van der Waals surface area contributed by atoms with Crippen molar-refractivity contribution in [3.05, 3.63) is 69.8 Å². The van der Waals surface area contributed by atoms with E-state index in [0.717, 1.165) is 5.56 Å². The third-order valence-electron chi connectivity index (χ3n) is 4.25. The smallest absolute Gasteiger partial charge is 0.424 e. The van der Waals surface area contributed by atoms with E-state index < -0.39 is 33.1 Å². The predicted molar refractivity (Wildman–Crippen MR) is 110 cm³/mol. The van der Waals surface area contributed by atoms with Crippen LogP contribution in [0.1, 0.15) is 25.0 Å². The standard InChI is InChI=1S/C20H22N2O8S/c1-4-29-19(23)15(3)21(31(27,28)18-11-5-14(2)6-12-18)20(24)30-13-16-7-9-17(10-8-16)22(25)26/h5-12,15H,4,13H2,1-3H3/t15-/m1/s1. The number of hydrogen-bond acceptors (Lipinski definition) is 8. The lowest BCUT2D eigenvalue weighted by atomic mass is 10.2. The zero-order valence-electron chi connectivity index (χ0n) is 17.2. The normalized spacial score (nSPS) is 12.0. The molecule has 0 bridgehead atoms. The summed E-state index contributed by atoms with van der Waals surface area (Å²) in [4.78, 5) is 34.9. The first kappa shape index (κ1) is 23.8. The number of nitrogens with zero attached hydrogens (tertiary/aromatic N) is 2. The Kier molecular flexibility index (Phi) is 7.70. The van der Waals surface area contributed by atoms with Gasteiger partial charge in [-0.15, -0.1) is 0 Å². The number of rotatable bonds is 8. The van der Waals surface area contributed by atoms with Crippen molar-refractivity contribution < 1.29 is 32.4 Å². The molecule has 0 aromatic heterocycles. The number of aryl methyl sites for hydroxylation is 1. The first-order valence-corrected chi connectivity index (χ1v) is 10.7. The minimum absolute atomic E-state index is 0.000560. The maximum absolute atomic E-state index is 13.1. The molecule has 166 valence electrons. The Morgan fingerprint density at radius 3 is 2.16 bits per heavy atom. The van der Waals surface area contributed by atoms with Gasteiger partial charge in [-0.1, -0.05) is 17.7 Å². The average Bonchev–Trinajstić information content (AvgIpc) is 2.73. The van der Waals surface area contributed by atoms with Crippen LogP contribution in [0.5, 0.6) is 0 Å². The van der Waals surface area contributed by atoms with E-state index >= 15 is 0 Å². The van der Waals surface area contributed by atoms with Crippen LogP contribution in [-0.2, 0) is 30.9 Å². The fourth-order valence-electron chi connectivity index (χ4n) is 2.57. The molecule has 0 unspecified atom stereocenters. The van der Waals surface area contributed by atoms with Gasteiger partial charge in [-0.2, -0.15) is 4.31 Å². The van der Waals surface area contributed by atoms with Gasteiger partial charge in [0.25, 0.3) is 15.7 Å². The molecule has 11 heteroatoms. The van der Waals surface area contributed by atoms with Gasteiger partial charge in [0.05, 0.1) is 16.4 Å². The van der Waals surface area contributed by atoms with Crippen molar-refractivity contribution in [1.82, 2.24) is 4.31 Å². The molecule has 1 atom stereocenters. The van der Waals surface area contributed by atoms with Gasteiger partial charge in [0, 0.05) is 12.1 Å². The Labute approximate surface area is 179 Å². The number of non-ortho nitro benzene ring substituents is 1. The van der Waals surface area contributed by atoms with Crippen LogP contribution < -0.4 is 0 Å². The lowest BCUT2D eigenvalue weighted by molar-refractivity contribution is -0.384. The Morgan fingerprint density at radius 2 is 1.65 bits per heavy atom. The molecule has 2 aromatic carbocycles. The van der Waals surface area contributed by atoms with E-state index in [1.54, 1.807) is 26.0 Å². The molecule has 0 N–H and O–H groups in total. The van der Waals surface area contributed by atoms with Crippen LogP contribution in [0.25, 0.3) is 0 Å². The van der Waals surface area contributed by atoms with Crippen molar-refractivity contribution in [1.29, 1.82) is 0 Å². The quantitative estimate of drug-likeness (QED) is 0.340. The lowest BCUT2D eigenvalue weighted by Crippen LogP contribution is -2.47. The van der Waals surface area contributed by atoms with Crippen LogP contribution in [0.4, 0.5) is 10.5 Å². The minimum atomic E-state index is -4.43. The fraction of sp³-hybridized carbons (Fsp3) is 0.300. The highest BCUT2D eigenvalue weighted by Crippen LogP contribution is 2.22. The second-order valence-electron chi connectivity index (χ2n) is 6.52. The summed E-state index contributed by atoms with van der Waals surface area (Å²) in [5.41, 5.74) is 1.06. The Bertz CT molecular complexity index is 1050. The molecule has 0 aliphatic rings. The summed E-state index contributed by atoms with van der Waals surface area (Å²) in [5, 5.41) is 10.7. The maximum Gasteiger partial charge on any atom is 0.424 e. The van der Waals surface area contributed by atoms with Gasteiger partial charge in [0.2, 0.25) is 0 Å². The van der Waals surface area contributed by atoms with E-state index in [9.17, 15) is 28.1 Å². The van der Waals surface area contributed by atoms with Gasteiger partial charge in [0.1, 0.15) is 12.6 Å². The molecular weight excluding hydrogens is 428 g/mol. The maximum atomic E-state index is 13.1. The SMILES string of the molecule is CCOC(=O)[C@@H](C)N(C(=O)OCc1ccc([N+](=O)[O-])cc1)S(=O)(=O)c1ccc(C)cc1. The summed E-state index contributed by atoms with van der Waals surface area (Å²) >= 11 is 0. The van der Waals surface area contributed by atoms with Gasteiger partial charge in [-0.25, -0.2) is 18.0 Å². The lowest BCUT2D eigenvalue weighted by Gasteiger charge is -2.26. The highest BCUT2D eigenvalue weighted by atomic mass is 32.2. The minimum Gasteiger partial charge on any atom is -0.464 e. The van der Waals surface area contributed by atoms with E-state index in [-0.39, 0.29) is 23.8 Å². The zero-order chi connectivity index (χ0) is 23.2. The van der Waals surface area contributed by atoms with E-state index in [1.165, 1.54) is 43.3 Å². The third kappa shape index (κ3) is 5.79. The molecule has 0 radical (unpaired) electrons. The second kappa shape index (κ2) is 10.0. The summed E-state index contributed by atoms with van der Waals surface area (Å²) in [7, 11) is -4.43. The summed E-state index contributed by atoms with van der Waals surface area (Å²) in [6.45, 7) is 4.19. The number of ether oxygens (including phenoxy) is 2. The molecular formula is C20H22N2O8S. The number of amides is 1. The molecule has 0 aliphatic carbocycles. The topological polar surface area (TPSA) is 133 Å². The van der Waals surface area contributed by atoms with Gasteiger partial charge < -0.3 is 9.47 Å². The fourth-order valence-corrected chi connectivity index (χ4v) is 4.03. The number of sulfonamides is 1. The molecule has 0 heterocycles. The number of nitro groups is 1. The van der Waals surface area contributed by atoms with E-state index in [4.69, 9.17) is 9.47 Å². The highest BCUT2D eigenvalue weighted by molar-refractivity contribution is 7.89. The molecule has 0 saturated carbocycles. The van der Waals surface area contributed by atoms with Crippen molar-refractivity contribution >= 4 is 27.8 Å². The molecule has 0 saturated heterocycles. The number of esters is 1. The van der Waals surface area contributed by atoms with Gasteiger partial charge in [-0.3, -0.25) is 10.1 Å². The van der Waals surface area contributed by atoms with Crippen molar-refractivity contribution in [3.8, 4) is 0 Å². The second-order valence-corrected chi connectivity index (χ2v) is 8.34. The molecule has 10 nitrogen and oxygen atoms in total. The molecule has 1 amide bonds. The van der Waals surface area contributed by atoms with Crippen LogP contribution in [0, 0.1) is 17.0 Å². The Balaban J connectivity index is 2.30. The monoisotopic (exact) mass is 450 g/mol. The van der Waals surface area contributed by atoms with E-state index in [2.05, 4.69) is 0 Å². The molecule has 2 rings (SSSR count). The molecule has 0 aliphatic heterocycles. The molecule has 0 spiro atoms. The van der Waals surface area contributed by atoms with Crippen LogP contribution in [0.3, 0.4) is 0 Å². The molecule has 31 heavy (non-hydrogen) atoms. The molecule has 2 aromatic rings. The highest BCUT2D eigenvalue weighted by Gasteiger charge is 2.39. The van der Waals surface area contributed by atoms with E-state index in [1.807, 2.05) is 0 Å². The van der Waals surface area contributed by atoms with E-state index in [0.29, 0.717) is 9.87 Å². The largest absolute Gasteiger partial charge is 0.464 e. The number of nitro benzene ring substituents is 1. The number of carbonyl (C=O) groups is 2. The van der Waals surface area contributed by atoms with Crippen LogP contribution in [-0.4, -0.2) is 42.4 Å². The summed E-state index contributed by atoms with van der Waals surface area (Å²) < 4.78 is 36.5. The summed E-state index contributed by atoms with van der Waals surface area (Å²) in [6, 6.07) is 9.48. The molecule has 0 fully saturated rings. The van der Waals surface area contributed by atoms with Gasteiger partial charge in [0.15, 0.2) is 0 Å². The van der Waals surface area contributed by atoms with Gasteiger partial charge in [-0.05, 0) is 50.6 Å². The first-order valence-electron chi connectivity index (χ1n) is 9.25. The first-order chi connectivity index (χ1) is 14.6. The average molecular weight is 450 g/mol. The third-order valence-corrected chi connectivity index (χ3v) is 6.10. The van der Waals surface area contributed by atoms with Crippen LogP contribution in [0.2, 0.25) is 0 Å².